The zero-order valence-corrected chi connectivity index (χ0v) is 18.7. The molecule has 2 aromatic carbocycles. The molecule has 2 aliphatic rings. The van der Waals surface area contributed by atoms with Crippen LogP contribution in [0.15, 0.2) is 47.3 Å². The predicted molar refractivity (Wildman–Crippen MR) is 123 cm³/mol. The van der Waals surface area contributed by atoms with E-state index in [-0.39, 0.29) is 11.1 Å². The molecule has 158 valence electrons. The van der Waals surface area contributed by atoms with Gasteiger partial charge >= 0.3 is 5.69 Å². The quantitative estimate of drug-likeness (QED) is 0.632. The van der Waals surface area contributed by atoms with Crippen LogP contribution in [0.4, 0.5) is 0 Å². The summed E-state index contributed by atoms with van der Waals surface area (Å²) < 4.78 is 3.48. The van der Waals surface area contributed by atoms with Gasteiger partial charge in [-0.2, -0.15) is 0 Å². The molecule has 2 fully saturated rings. The number of benzene rings is 2. The summed E-state index contributed by atoms with van der Waals surface area (Å²) in [5.74, 6) is 0.815. The highest BCUT2D eigenvalue weighted by molar-refractivity contribution is 5.76. The highest BCUT2D eigenvalue weighted by Gasteiger charge is 2.36. The lowest BCUT2D eigenvalue weighted by Gasteiger charge is -2.44. The second-order valence-corrected chi connectivity index (χ2v) is 9.96. The van der Waals surface area contributed by atoms with E-state index in [4.69, 9.17) is 0 Å². The Bertz CT molecular complexity index is 1150. The lowest BCUT2D eigenvalue weighted by Crippen LogP contribution is -2.46. The van der Waals surface area contributed by atoms with E-state index >= 15 is 0 Å². The number of imidazole rings is 1. The summed E-state index contributed by atoms with van der Waals surface area (Å²) in [5.41, 5.74) is 6.68. The van der Waals surface area contributed by atoms with Crippen LogP contribution in [0.1, 0.15) is 62.1 Å². The molecule has 0 spiro atoms. The monoisotopic (exact) mass is 403 g/mol. The molecule has 1 aromatic heterocycles. The average molecular weight is 404 g/mol. The van der Waals surface area contributed by atoms with Crippen molar-refractivity contribution in [2.24, 2.45) is 14.1 Å². The van der Waals surface area contributed by atoms with E-state index in [2.05, 4.69) is 61.2 Å². The maximum atomic E-state index is 12.2. The zero-order valence-electron chi connectivity index (χ0n) is 18.7. The Balaban J connectivity index is 1.34. The van der Waals surface area contributed by atoms with Crippen molar-refractivity contribution in [2.45, 2.75) is 63.5 Å². The summed E-state index contributed by atoms with van der Waals surface area (Å²) in [4.78, 5) is 14.8. The third-order valence-corrected chi connectivity index (χ3v) is 7.67. The molecule has 1 saturated heterocycles. The molecule has 30 heavy (non-hydrogen) atoms. The molecule has 0 amide bonds. The second-order valence-electron chi connectivity index (χ2n) is 9.96. The topological polar surface area (TPSA) is 30.2 Å². The first-order valence-electron chi connectivity index (χ1n) is 11.3. The van der Waals surface area contributed by atoms with E-state index in [1.54, 1.807) is 14.7 Å². The molecule has 0 radical (unpaired) electrons. The largest absolute Gasteiger partial charge is 0.328 e. The van der Waals surface area contributed by atoms with Gasteiger partial charge in [-0.1, -0.05) is 37.3 Å². The van der Waals surface area contributed by atoms with E-state index in [0.29, 0.717) is 6.04 Å². The first kappa shape index (κ1) is 19.6. The normalized spacial score (nSPS) is 25.1. The summed E-state index contributed by atoms with van der Waals surface area (Å²) in [6, 6.07) is 16.4. The van der Waals surface area contributed by atoms with Gasteiger partial charge in [0.2, 0.25) is 0 Å². The minimum atomic E-state index is 0.0395. The summed E-state index contributed by atoms with van der Waals surface area (Å²) in [5, 5.41) is 0. The van der Waals surface area contributed by atoms with E-state index in [9.17, 15) is 4.79 Å². The van der Waals surface area contributed by atoms with Crippen molar-refractivity contribution in [2.75, 3.05) is 6.54 Å². The van der Waals surface area contributed by atoms with Crippen LogP contribution in [0.25, 0.3) is 11.0 Å². The van der Waals surface area contributed by atoms with Crippen molar-refractivity contribution < 1.29 is 0 Å². The Morgan fingerprint density at radius 2 is 1.80 bits per heavy atom. The van der Waals surface area contributed by atoms with Gasteiger partial charge in [0.25, 0.3) is 0 Å². The molecular weight excluding hydrogens is 370 g/mol. The first-order chi connectivity index (χ1) is 14.4. The SMILES string of the molecule is C[C@H]1C[C@@](C)(c2cccc(C3CC3)c2)CCN1Cc1ccc2c(c1)n(C)c(=O)n2C. The van der Waals surface area contributed by atoms with Gasteiger partial charge in [-0.3, -0.25) is 14.0 Å². The molecule has 5 rings (SSSR count). The fourth-order valence-electron chi connectivity index (χ4n) is 5.46. The number of aromatic nitrogens is 2. The Morgan fingerprint density at radius 1 is 1.03 bits per heavy atom. The molecule has 0 unspecified atom stereocenters. The Hall–Kier alpha value is -2.33. The van der Waals surface area contributed by atoms with Crippen LogP contribution < -0.4 is 5.69 Å². The van der Waals surface area contributed by atoms with Gasteiger partial charge in [-0.15, -0.1) is 0 Å². The molecule has 1 aliphatic heterocycles. The van der Waals surface area contributed by atoms with Gasteiger partial charge in [0.1, 0.15) is 0 Å². The van der Waals surface area contributed by atoms with Crippen molar-refractivity contribution >= 4 is 11.0 Å². The summed E-state index contributed by atoms with van der Waals surface area (Å²) >= 11 is 0. The van der Waals surface area contributed by atoms with E-state index in [0.717, 1.165) is 30.0 Å². The smallest absolute Gasteiger partial charge is 0.296 e. The van der Waals surface area contributed by atoms with Crippen LogP contribution in [-0.4, -0.2) is 26.6 Å². The number of rotatable bonds is 4. The molecule has 4 nitrogen and oxygen atoms in total. The van der Waals surface area contributed by atoms with Crippen molar-refractivity contribution in [1.82, 2.24) is 14.0 Å². The van der Waals surface area contributed by atoms with Gasteiger partial charge in [0, 0.05) is 26.7 Å². The molecular formula is C26H33N3O. The average Bonchev–Trinajstić information content (AvgIpc) is 3.57. The van der Waals surface area contributed by atoms with Crippen LogP contribution in [-0.2, 0) is 26.1 Å². The fraction of sp³-hybridized carbons (Fsp3) is 0.500. The number of piperidine rings is 1. The van der Waals surface area contributed by atoms with Gasteiger partial charge in [-0.05, 0) is 79.3 Å². The highest BCUT2D eigenvalue weighted by Crippen LogP contribution is 2.43. The third-order valence-electron chi connectivity index (χ3n) is 7.67. The van der Waals surface area contributed by atoms with E-state index in [1.165, 1.54) is 36.8 Å². The maximum absolute atomic E-state index is 12.2. The predicted octanol–water partition coefficient (Wildman–Crippen LogP) is 4.70. The molecule has 3 aromatic rings. The fourth-order valence-corrected chi connectivity index (χ4v) is 5.46. The minimum Gasteiger partial charge on any atom is -0.296 e. The number of hydrogen-bond acceptors (Lipinski definition) is 2. The summed E-state index contributed by atoms with van der Waals surface area (Å²) in [7, 11) is 3.70. The second kappa shape index (κ2) is 7.12. The first-order valence-corrected chi connectivity index (χ1v) is 11.3. The third kappa shape index (κ3) is 3.31. The van der Waals surface area contributed by atoms with Gasteiger partial charge in [0.15, 0.2) is 0 Å². The molecule has 1 aliphatic carbocycles. The number of likely N-dealkylation sites (tertiary alicyclic amines) is 1. The summed E-state index contributed by atoms with van der Waals surface area (Å²) in [6.07, 6.45) is 5.11. The zero-order chi connectivity index (χ0) is 21.0. The number of aryl methyl sites for hydroxylation is 2. The van der Waals surface area contributed by atoms with E-state index < -0.39 is 0 Å². The Morgan fingerprint density at radius 3 is 2.53 bits per heavy atom. The molecule has 2 atom stereocenters. The van der Waals surface area contributed by atoms with Gasteiger partial charge < -0.3 is 0 Å². The number of hydrogen-bond donors (Lipinski definition) is 0. The van der Waals surface area contributed by atoms with Gasteiger partial charge in [-0.25, -0.2) is 4.79 Å². The van der Waals surface area contributed by atoms with Crippen molar-refractivity contribution in [3.63, 3.8) is 0 Å². The van der Waals surface area contributed by atoms with E-state index in [1.807, 2.05) is 14.1 Å². The Labute approximate surface area is 179 Å². The van der Waals surface area contributed by atoms with Crippen LogP contribution in [0.2, 0.25) is 0 Å². The molecule has 1 saturated carbocycles. The van der Waals surface area contributed by atoms with Crippen molar-refractivity contribution in [3.05, 3.63) is 69.6 Å². The van der Waals surface area contributed by atoms with Crippen molar-refractivity contribution in [3.8, 4) is 0 Å². The minimum absolute atomic E-state index is 0.0395. The molecule has 0 bridgehead atoms. The summed E-state index contributed by atoms with van der Waals surface area (Å²) in [6.45, 7) is 6.88. The number of fused-ring (bicyclic) bond motifs is 1. The lowest BCUT2D eigenvalue weighted by atomic mass is 9.71. The van der Waals surface area contributed by atoms with Crippen LogP contribution in [0.3, 0.4) is 0 Å². The lowest BCUT2D eigenvalue weighted by molar-refractivity contribution is 0.103. The number of nitrogens with zero attached hydrogens (tertiary/aromatic N) is 3. The van der Waals surface area contributed by atoms with Gasteiger partial charge in [0.05, 0.1) is 11.0 Å². The molecule has 2 heterocycles. The van der Waals surface area contributed by atoms with Crippen LogP contribution >= 0.6 is 0 Å². The van der Waals surface area contributed by atoms with Crippen molar-refractivity contribution in [1.29, 1.82) is 0 Å². The molecule has 0 N–H and O–H groups in total. The maximum Gasteiger partial charge on any atom is 0.328 e. The standard InChI is InChI=1S/C26H33N3O/c1-18-16-26(2,22-7-5-6-21(15-22)20-9-10-20)12-13-29(18)17-19-8-11-23-24(14-19)28(4)25(30)27(23)3/h5-8,11,14-15,18,20H,9-10,12-13,16-17H2,1-4H3/t18-,26-/m0/s1. The Kier molecular flexibility index (Phi) is 4.66. The highest BCUT2D eigenvalue weighted by atomic mass is 16.1. The molecule has 4 heteroatoms. The van der Waals surface area contributed by atoms with Crippen LogP contribution in [0, 0.1) is 0 Å². The van der Waals surface area contributed by atoms with Crippen LogP contribution in [0.5, 0.6) is 0 Å².